The molecule has 2 heterocycles. The Morgan fingerprint density at radius 2 is 1.58 bits per heavy atom. The lowest BCUT2D eigenvalue weighted by Gasteiger charge is -2.15. The molecule has 7 heteroatoms. The van der Waals surface area contributed by atoms with E-state index in [4.69, 9.17) is 17.3 Å². The van der Waals surface area contributed by atoms with Gasteiger partial charge in [0.2, 0.25) is 0 Å². The number of nitrogens with one attached hydrogen (secondary N) is 2. The van der Waals surface area contributed by atoms with Gasteiger partial charge in [-0.25, -0.2) is 15.0 Å². The molecule has 122 valence electrons. The SMILES string of the molecule is Cc1cccc(Nc2ncnc(Nc3cccnc3Cl)c2N)c1C. The van der Waals surface area contributed by atoms with Crippen LogP contribution in [0.25, 0.3) is 0 Å². The Morgan fingerprint density at radius 1 is 0.917 bits per heavy atom. The summed E-state index contributed by atoms with van der Waals surface area (Å²) >= 11 is 6.06. The molecule has 6 nitrogen and oxygen atoms in total. The first-order chi connectivity index (χ1) is 11.6. The molecule has 0 atom stereocenters. The first kappa shape index (κ1) is 16.0. The molecular weight excluding hydrogens is 324 g/mol. The maximum Gasteiger partial charge on any atom is 0.159 e. The lowest BCUT2D eigenvalue weighted by Crippen LogP contribution is -2.06. The van der Waals surface area contributed by atoms with Crippen LogP contribution in [-0.2, 0) is 0 Å². The molecule has 0 saturated carbocycles. The number of halogens is 1. The number of nitrogen functional groups attached to an aromatic ring is 1. The van der Waals surface area contributed by atoms with Gasteiger partial charge in [-0.05, 0) is 43.2 Å². The topological polar surface area (TPSA) is 88.8 Å². The van der Waals surface area contributed by atoms with Crippen molar-refractivity contribution in [1.82, 2.24) is 15.0 Å². The minimum absolute atomic E-state index is 0.347. The van der Waals surface area contributed by atoms with Crippen molar-refractivity contribution in [2.75, 3.05) is 16.4 Å². The molecule has 4 N–H and O–H groups in total. The summed E-state index contributed by atoms with van der Waals surface area (Å²) in [6.45, 7) is 4.10. The van der Waals surface area contributed by atoms with Gasteiger partial charge in [0.05, 0.1) is 5.69 Å². The maximum absolute atomic E-state index is 6.20. The van der Waals surface area contributed by atoms with Crippen LogP contribution in [0.3, 0.4) is 0 Å². The van der Waals surface area contributed by atoms with E-state index in [1.54, 1.807) is 18.3 Å². The van der Waals surface area contributed by atoms with Crippen LogP contribution in [0.15, 0.2) is 42.9 Å². The molecule has 3 rings (SSSR count). The number of anilines is 5. The quantitative estimate of drug-likeness (QED) is 0.616. The van der Waals surface area contributed by atoms with Crippen molar-refractivity contribution in [3.05, 3.63) is 59.1 Å². The van der Waals surface area contributed by atoms with Gasteiger partial charge in [-0.3, -0.25) is 0 Å². The summed E-state index contributed by atoms with van der Waals surface area (Å²) in [6, 6.07) is 9.60. The number of aromatic nitrogens is 3. The monoisotopic (exact) mass is 340 g/mol. The van der Waals surface area contributed by atoms with Gasteiger partial charge in [0.25, 0.3) is 0 Å². The minimum Gasteiger partial charge on any atom is -0.393 e. The third-order valence-electron chi connectivity index (χ3n) is 3.75. The molecule has 0 saturated heterocycles. The molecule has 0 amide bonds. The number of hydrogen-bond donors (Lipinski definition) is 3. The summed E-state index contributed by atoms with van der Waals surface area (Å²) in [5, 5.41) is 6.69. The first-order valence-corrected chi connectivity index (χ1v) is 7.75. The molecule has 0 bridgehead atoms. The van der Waals surface area contributed by atoms with Crippen molar-refractivity contribution < 1.29 is 0 Å². The number of nitrogens with two attached hydrogens (primary N) is 1. The number of hydrogen-bond acceptors (Lipinski definition) is 6. The van der Waals surface area contributed by atoms with Gasteiger partial charge in [-0.1, -0.05) is 23.7 Å². The summed E-state index contributed by atoms with van der Waals surface area (Å²) in [5.41, 5.74) is 10.5. The van der Waals surface area contributed by atoms with E-state index in [0.29, 0.717) is 28.2 Å². The maximum atomic E-state index is 6.20. The van der Waals surface area contributed by atoms with E-state index in [1.165, 1.54) is 11.9 Å². The van der Waals surface area contributed by atoms with Crippen LogP contribution in [0.5, 0.6) is 0 Å². The Bertz CT molecular complexity index is 881. The van der Waals surface area contributed by atoms with E-state index >= 15 is 0 Å². The van der Waals surface area contributed by atoms with Gasteiger partial charge in [0.1, 0.15) is 12.0 Å². The Morgan fingerprint density at radius 3 is 2.29 bits per heavy atom. The second-order valence-electron chi connectivity index (χ2n) is 5.32. The lowest BCUT2D eigenvalue weighted by molar-refractivity contribution is 1.16. The average molecular weight is 341 g/mol. The summed E-state index contributed by atoms with van der Waals surface area (Å²) in [4.78, 5) is 12.4. The average Bonchev–Trinajstić information content (AvgIpc) is 2.57. The second kappa shape index (κ2) is 6.72. The molecule has 2 aromatic heterocycles. The van der Waals surface area contributed by atoms with E-state index in [9.17, 15) is 0 Å². The zero-order valence-electron chi connectivity index (χ0n) is 13.3. The van der Waals surface area contributed by atoms with Crippen LogP contribution in [0.1, 0.15) is 11.1 Å². The highest BCUT2D eigenvalue weighted by molar-refractivity contribution is 6.32. The highest BCUT2D eigenvalue weighted by atomic mass is 35.5. The summed E-state index contributed by atoms with van der Waals surface area (Å²) in [5.74, 6) is 0.994. The molecule has 0 aliphatic heterocycles. The zero-order chi connectivity index (χ0) is 17.1. The third-order valence-corrected chi connectivity index (χ3v) is 4.05. The van der Waals surface area contributed by atoms with Gasteiger partial charge in [0.15, 0.2) is 16.8 Å². The summed E-state index contributed by atoms with van der Waals surface area (Å²) < 4.78 is 0. The van der Waals surface area contributed by atoms with Crippen molar-refractivity contribution in [1.29, 1.82) is 0 Å². The zero-order valence-corrected chi connectivity index (χ0v) is 14.1. The van der Waals surface area contributed by atoms with Gasteiger partial charge in [0, 0.05) is 11.9 Å². The Hall–Kier alpha value is -2.86. The van der Waals surface area contributed by atoms with Gasteiger partial charge in [-0.2, -0.15) is 0 Å². The van der Waals surface area contributed by atoms with Gasteiger partial charge < -0.3 is 16.4 Å². The summed E-state index contributed by atoms with van der Waals surface area (Å²) in [6.07, 6.45) is 3.06. The van der Waals surface area contributed by atoms with Crippen LogP contribution >= 0.6 is 11.6 Å². The molecule has 0 spiro atoms. The fraction of sp³-hybridized carbons (Fsp3) is 0.118. The normalized spacial score (nSPS) is 10.5. The van der Waals surface area contributed by atoms with E-state index in [0.717, 1.165) is 11.3 Å². The Balaban J connectivity index is 1.91. The molecule has 0 unspecified atom stereocenters. The lowest BCUT2D eigenvalue weighted by atomic mass is 10.1. The molecule has 1 aromatic carbocycles. The van der Waals surface area contributed by atoms with Crippen LogP contribution in [0.4, 0.5) is 28.7 Å². The minimum atomic E-state index is 0.347. The van der Waals surface area contributed by atoms with Crippen molar-refractivity contribution in [3.63, 3.8) is 0 Å². The third kappa shape index (κ3) is 3.23. The molecule has 0 aliphatic carbocycles. The van der Waals surface area contributed by atoms with Crippen molar-refractivity contribution in [3.8, 4) is 0 Å². The van der Waals surface area contributed by atoms with E-state index in [1.807, 2.05) is 19.1 Å². The highest BCUT2D eigenvalue weighted by Crippen LogP contribution is 2.31. The van der Waals surface area contributed by atoms with Crippen LogP contribution in [0, 0.1) is 13.8 Å². The Kier molecular flexibility index (Phi) is 4.48. The number of aryl methyl sites for hydroxylation is 1. The molecule has 24 heavy (non-hydrogen) atoms. The van der Waals surface area contributed by atoms with Crippen molar-refractivity contribution in [2.45, 2.75) is 13.8 Å². The van der Waals surface area contributed by atoms with Crippen molar-refractivity contribution >= 4 is 40.3 Å². The smallest absolute Gasteiger partial charge is 0.159 e. The Labute approximate surface area is 145 Å². The summed E-state index contributed by atoms with van der Waals surface area (Å²) in [7, 11) is 0. The fourth-order valence-corrected chi connectivity index (χ4v) is 2.38. The molecule has 0 radical (unpaired) electrons. The van der Waals surface area contributed by atoms with Gasteiger partial charge >= 0.3 is 0 Å². The predicted octanol–water partition coefficient (Wildman–Crippen LogP) is 4.21. The second-order valence-corrected chi connectivity index (χ2v) is 5.68. The molecule has 0 aliphatic rings. The van der Waals surface area contributed by atoms with E-state index in [-0.39, 0.29) is 0 Å². The van der Waals surface area contributed by atoms with Crippen LogP contribution < -0.4 is 16.4 Å². The predicted molar refractivity (Wildman–Crippen MR) is 98.2 cm³/mol. The number of rotatable bonds is 4. The largest absolute Gasteiger partial charge is 0.393 e. The fourth-order valence-electron chi connectivity index (χ4n) is 2.22. The standard InChI is InChI=1S/C17H17ClN6/c1-10-5-3-6-12(11(10)2)23-16-14(19)17(22-9-21-16)24-13-7-4-8-20-15(13)18/h3-9H,19H2,1-2H3,(H2,21,22,23,24). The molecule has 3 aromatic rings. The molecular formula is C17H17ClN6. The van der Waals surface area contributed by atoms with E-state index < -0.39 is 0 Å². The number of benzene rings is 1. The van der Waals surface area contributed by atoms with Crippen LogP contribution in [-0.4, -0.2) is 15.0 Å². The molecule has 0 fully saturated rings. The number of nitrogens with zero attached hydrogens (tertiary/aromatic N) is 3. The number of pyridine rings is 1. The first-order valence-electron chi connectivity index (χ1n) is 7.37. The van der Waals surface area contributed by atoms with E-state index in [2.05, 4.69) is 38.6 Å². The highest BCUT2D eigenvalue weighted by Gasteiger charge is 2.11. The van der Waals surface area contributed by atoms with Crippen molar-refractivity contribution in [2.24, 2.45) is 0 Å². The van der Waals surface area contributed by atoms with Gasteiger partial charge in [-0.15, -0.1) is 0 Å². The van der Waals surface area contributed by atoms with Crippen LogP contribution in [0.2, 0.25) is 5.15 Å².